The van der Waals surface area contributed by atoms with Crippen molar-refractivity contribution in [3.05, 3.63) is 29.8 Å². The van der Waals surface area contributed by atoms with Crippen molar-refractivity contribution in [2.24, 2.45) is 0 Å². The maximum absolute atomic E-state index is 12.4. The van der Waals surface area contributed by atoms with E-state index in [1.54, 1.807) is 29.2 Å². The van der Waals surface area contributed by atoms with E-state index < -0.39 is 0 Å². The zero-order valence-corrected chi connectivity index (χ0v) is 12.5. The number of hydrogen-bond donors (Lipinski definition) is 1. The van der Waals surface area contributed by atoms with E-state index in [0.29, 0.717) is 44.0 Å². The molecule has 6 nitrogen and oxygen atoms in total. The lowest BCUT2D eigenvalue weighted by Gasteiger charge is -2.35. The van der Waals surface area contributed by atoms with E-state index in [-0.39, 0.29) is 17.9 Å². The molecule has 2 fully saturated rings. The molecule has 2 N–H and O–H groups in total. The minimum Gasteiger partial charge on any atom is -0.399 e. The van der Waals surface area contributed by atoms with Gasteiger partial charge in [-0.1, -0.05) is 0 Å². The van der Waals surface area contributed by atoms with Crippen LogP contribution in [0.15, 0.2) is 24.3 Å². The highest BCUT2D eigenvalue weighted by Gasteiger charge is 2.31. The van der Waals surface area contributed by atoms with Crippen LogP contribution in [0.5, 0.6) is 0 Å². The van der Waals surface area contributed by atoms with E-state index in [1.165, 1.54) is 0 Å². The molecule has 0 radical (unpaired) electrons. The van der Waals surface area contributed by atoms with Gasteiger partial charge >= 0.3 is 0 Å². The molecule has 2 saturated heterocycles. The van der Waals surface area contributed by atoms with Crippen LogP contribution in [0.2, 0.25) is 0 Å². The Bertz CT molecular complexity index is 544. The molecular formula is C16H21N3O3. The molecule has 1 aromatic rings. The van der Waals surface area contributed by atoms with Crippen LogP contribution in [0, 0.1) is 0 Å². The quantitative estimate of drug-likeness (QED) is 0.817. The molecule has 0 bridgehead atoms. The van der Waals surface area contributed by atoms with Crippen LogP contribution >= 0.6 is 0 Å². The highest BCUT2D eigenvalue weighted by atomic mass is 16.5. The number of amides is 2. The molecule has 1 atom stereocenters. The van der Waals surface area contributed by atoms with Gasteiger partial charge in [-0.15, -0.1) is 0 Å². The average molecular weight is 303 g/mol. The third kappa shape index (κ3) is 3.06. The molecule has 2 aliphatic heterocycles. The Balaban J connectivity index is 1.56. The van der Waals surface area contributed by atoms with E-state index in [0.717, 1.165) is 12.8 Å². The third-order valence-corrected chi connectivity index (χ3v) is 4.24. The van der Waals surface area contributed by atoms with Gasteiger partial charge in [0.15, 0.2) is 0 Å². The first-order valence-electron chi connectivity index (χ1n) is 7.70. The number of benzene rings is 1. The summed E-state index contributed by atoms with van der Waals surface area (Å²) in [5.41, 5.74) is 6.91. The van der Waals surface area contributed by atoms with E-state index in [4.69, 9.17) is 10.5 Å². The number of nitrogens with zero attached hydrogens (tertiary/aromatic N) is 2. The van der Waals surface area contributed by atoms with Crippen molar-refractivity contribution < 1.29 is 14.3 Å². The molecule has 2 amide bonds. The van der Waals surface area contributed by atoms with Crippen molar-refractivity contribution in [2.45, 2.75) is 18.9 Å². The smallest absolute Gasteiger partial charge is 0.253 e. The molecule has 118 valence electrons. The lowest BCUT2D eigenvalue weighted by atomic mass is 10.1. The van der Waals surface area contributed by atoms with Gasteiger partial charge in [0.05, 0.1) is 0 Å². The molecule has 2 aliphatic rings. The summed E-state index contributed by atoms with van der Waals surface area (Å²) in [5.74, 6) is 0.0568. The monoisotopic (exact) mass is 303 g/mol. The van der Waals surface area contributed by atoms with Crippen LogP contribution in [-0.2, 0) is 9.53 Å². The van der Waals surface area contributed by atoms with Gasteiger partial charge in [0.2, 0.25) is 0 Å². The van der Waals surface area contributed by atoms with E-state index >= 15 is 0 Å². The molecule has 6 heteroatoms. The van der Waals surface area contributed by atoms with Gasteiger partial charge in [-0.05, 0) is 37.1 Å². The topological polar surface area (TPSA) is 75.9 Å². The third-order valence-electron chi connectivity index (χ3n) is 4.24. The molecule has 1 aromatic carbocycles. The second kappa shape index (κ2) is 6.36. The first-order valence-corrected chi connectivity index (χ1v) is 7.70. The Morgan fingerprint density at radius 2 is 1.68 bits per heavy atom. The second-order valence-electron chi connectivity index (χ2n) is 5.74. The Labute approximate surface area is 129 Å². The molecule has 1 unspecified atom stereocenters. The van der Waals surface area contributed by atoms with Gasteiger partial charge < -0.3 is 20.3 Å². The van der Waals surface area contributed by atoms with Crippen LogP contribution in [0.1, 0.15) is 23.2 Å². The van der Waals surface area contributed by atoms with Crippen LogP contribution in [-0.4, -0.2) is 60.5 Å². The Hall–Kier alpha value is -2.08. The van der Waals surface area contributed by atoms with E-state index in [9.17, 15) is 9.59 Å². The fourth-order valence-corrected chi connectivity index (χ4v) is 2.91. The maximum Gasteiger partial charge on any atom is 0.253 e. The van der Waals surface area contributed by atoms with Gasteiger partial charge in [-0.25, -0.2) is 0 Å². The highest BCUT2D eigenvalue weighted by molar-refractivity contribution is 5.94. The van der Waals surface area contributed by atoms with Crippen molar-refractivity contribution in [1.29, 1.82) is 0 Å². The molecule has 22 heavy (non-hydrogen) atoms. The average Bonchev–Trinajstić information content (AvgIpc) is 3.09. The molecular weight excluding hydrogens is 282 g/mol. The number of anilines is 1. The fraction of sp³-hybridized carbons (Fsp3) is 0.500. The Kier molecular flexibility index (Phi) is 4.29. The zero-order valence-electron chi connectivity index (χ0n) is 12.5. The Morgan fingerprint density at radius 3 is 2.27 bits per heavy atom. The Morgan fingerprint density at radius 1 is 1.05 bits per heavy atom. The fourth-order valence-electron chi connectivity index (χ4n) is 2.91. The summed E-state index contributed by atoms with van der Waals surface area (Å²) in [6.07, 6.45) is 1.48. The first kappa shape index (κ1) is 14.8. The van der Waals surface area contributed by atoms with Gasteiger partial charge in [-0.2, -0.15) is 0 Å². The summed E-state index contributed by atoms with van der Waals surface area (Å²) in [4.78, 5) is 28.3. The van der Waals surface area contributed by atoms with Crippen LogP contribution in [0.3, 0.4) is 0 Å². The number of carbonyl (C=O) groups excluding carboxylic acids is 2. The van der Waals surface area contributed by atoms with Crippen molar-refractivity contribution in [3.63, 3.8) is 0 Å². The largest absolute Gasteiger partial charge is 0.399 e. The summed E-state index contributed by atoms with van der Waals surface area (Å²) in [6.45, 7) is 2.92. The number of piperazine rings is 1. The number of carbonyl (C=O) groups is 2. The van der Waals surface area contributed by atoms with E-state index in [1.807, 2.05) is 4.90 Å². The minimum absolute atomic E-state index is 0.00999. The first-order chi connectivity index (χ1) is 10.6. The van der Waals surface area contributed by atoms with Gasteiger partial charge in [-0.3, -0.25) is 9.59 Å². The van der Waals surface area contributed by atoms with Crippen molar-refractivity contribution >= 4 is 17.5 Å². The highest BCUT2D eigenvalue weighted by Crippen LogP contribution is 2.17. The van der Waals surface area contributed by atoms with Crippen molar-refractivity contribution in [3.8, 4) is 0 Å². The summed E-state index contributed by atoms with van der Waals surface area (Å²) < 4.78 is 5.44. The van der Waals surface area contributed by atoms with Crippen molar-refractivity contribution in [2.75, 3.05) is 38.5 Å². The van der Waals surface area contributed by atoms with Crippen LogP contribution in [0.4, 0.5) is 5.69 Å². The normalized spacial score (nSPS) is 21.9. The SMILES string of the molecule is Nc1ccc(C(=O)N2CCN(C(=O)C3CCCO3)CC2)cc1. The molecule has 0 saturated carbocycles. The predicted octanol–water partition coefficient (Wildman–Crippen LogP) is 0.732. The minimum atomic E-state index is -0.278. The number of rotatable bonds is 2. The number of nitrogen functional groups attached to an aromatic ring is 1. The molecule has 0 aromatic heterocycles. The maximum atomic E-state index is 12.4. The standard InChI is InChI=1S/C16H21N3O3/c17-13-5-3-12(4-6-13)15(20)18-7-9-19(10-8-18)16(21)14-2-1-11-22-14/h3-6,14H,1-2,7-11,17H2. The molecule has 2 heterocycles. The summed E-state index contributed by atoms with van der Waals surface area (Å²) >= 11 is 0. The number of hydrogen-bond acceptors (Lipinski definition) is 4. The van der Waals surface area contributed by atoms with Crippen LogP contribution < -0.4 is 5.73 Å². The zero-order chi connectivity index (χ0) is 15.5. The van der Waals surface area contributed by atoms with Crippen LogP contribution in [0.25, 0.3) is 0 Å². The van der Waals surface area contributed by atoms with Gasteiger partial charge in [0.1, 0.15) is 6.10 Å². The lowest BCUT2D eigenvalue weighted by molar-refractivity contribution is -0.142. The van der Waals surface area contributed by atoms with E-state index in [2.05, 4.69) is 0 Å². The second-order valence-corrected chi connectivity index (χ2v) is 5.74. The predicted molar refractivity (Wildman–Crippen MR) is 82.3 cm³/mol. The number of nitrogens with two attached hydrogens (primary N) is 1. The summed E-state index contributed by atoms with van der Waals surface area (Å²) in [7, 11) is 0. The van der Waals surface area contributed by atoms with Gasteiger partial charge in [0.25, 0.3) is 11.8 Å². The molecule has 0 spiro atoms. The summed E-state index contributed by atoms with van der Waals surface area (Å²) in [6, 6.07) is 6.93. The van der Waals surface area contributed by atoms with Crippen molar-refractivity contribution in [1.82, 2.24) is 9.80 Å². The summed E-state index contributed by atoms with van der Waals surface area (Å²) in [5, 5.41) is 0. The van der Waals surface area contributed by atoms with Gasteiger partial charge in [0, 0.05) is 44.0 Å². The molecule has 0 aliphatic carbocycles. The molecule has 3 rings (SSSR count). The number of ether oxygens (including phenoxy) is 1. The lowest BCUT2D eigenvalue weighted by Crippen LogP contribution is -2.52.